The molecule has 1 aliphatic rings. The summed E-state index contributed by atoms with van der Waals surface area (Å²) in [6.07, 6.45) is 0. The summed E-state index contributed by atoms with van der Waals surface area (Å²) < 4.78 is 29.2. The van der Waals surface area contributed by atoms with Gasteiger partial charge in [0, 0.05) is 5.56 Å². The van der Waals surface area contributed by atoms with Gasteiger partial charge < -0.3 is 4.74 Å². The third kappa shape index (κ3) is 3.35. The van der Waals surface area contributed by atoms with Crippen LogP contribution in [0.25, 0.3) is 5.70 Å². The zero-order chi connectivity index (χ0) is 16.3. The molecule has 0 fully saturated rings. The number of amides is 1. The number of hydrazine groups is 1. The maximum Gasteiger partial charge on any atom is 0.276 e. The maximum atomic E-state index is 12.0. The van der Waals surface area contributed by atoms with E-state index in [1.165, 1.54) is 6.07 Å². The summed E-state index contributed by atoms with van der Waals surface area (Å²) >= 11 is 0. The summed E-state index contributed by atoms with van der Waals surface area (Å²) in [5, 5.41) is 1.09. The van der Waals surface area contributed by atoms with E-state index in [-0.39, 0.29) is 11.5 Å². The van der Waals surface area contributed by atoms with Crippen LogP contribution in [0.2, 0.25) is 0 Å². The molecule has 1 heterocycles. The van der Waals surface area contributed by atoms with Gasteiger partial charge in [-0.2, -0.15) is 0 Å². The van der Waals surface area contributed by atoms with Crippen LogP contribution in [0, 0.1) is 0 Å². The van der Waals surface area contributed by atoms with Crippen LogP contribution < -0.4 is 15.6 Å². The van der Waals surface area contributed by atoms with Crippen molar-refractivity contribution in [2.75, 3.05) is 6.61 Å². The first-order chi connectivity index (χ1) is 11.1. The molecular formula is C16H14N2O4S. The van der Waals surface area contributed by atoms with E-state index >= 15 is 0 Å². The van der Waals surface area contributed by atoms with Crippen molar-refractivity contribution in [3.05, 3.63) is 65.6 Å². The number of carbonyl (C=O) groups excluding carboxylic acids is 1. The van der Waals surface area contributed by atoms with Crippen LogP contribution in [0.15, 0.2) is 64.9 Å². The van der Waals surface area contributed by atoms with Gasteiger partial charge in [-0.3, -0.25) is 15.6 Å². The van der Waals surface area contributed by atoms with Gasteiger partial charge in [0.1, 0.15) is 5.75 Å². The van der Waals surface area contributed by atoms with Gasteiger partial charge in [-0.1, -0.05) is 36.4 Å². The van der Waals surface area contributed by atoms with Crippen molar-refractivity contribution in [2.45, 2.75) is 4.90 Å². The molecule has 7 heteroatoms. The molecule has 0 unspecified atom stereocenters. The molecule has 23 heavy (non-hydrogen) atoms. The van der Waals surface area contributed by atoms with Crippen molar-refractivity contribution >= 4 is 21.4 Å². The number of benzene rings is 2. The fourth-order valence-corrected chi connectivity index (χ4v) is 3.53. The van der Waals surface area contributed by atoms with E-state index in [0.29, 0.717) is 17.0 Å². The monoisotopic (exact) mass is 330 g/mol. The summed E-state index contributed by atoms with van der Waals surface area (Å²) in [5.74, 6) is 0.159. The molecule has 0 radical (unpaired) electrons. The highest BCUT2D eigenvalue weighted by atomic mass is 32.2. The first-order valence-electron chi connectivity index (χ1n) is 6.85. The molecular weight excluding hydrogens is 316 g/mol. The Hall–Kier alpha value is -2.80. The second-order valence-electron chi connectivity index (χ2n) is 4.85. The Bertz CT molecular complexity index is 861. The Morgan fingerprint density at radius 2 is 1.70 bits per heavy atom. The van der Waals surface area contributed by atoms with E-state index in [9.17, 15) is 13.2 Å². The van der Waals surface area contributed by atoms with Crippen LogP contribution in [0.1, 0.15) is 5.56 Å². The SMILES string of the molecule is O=C(COc1ccccc1)NNC1=CS(=O)(=O)c2ccccc21. The Morgan fingerprint density at radius 3 is 2.48 bits per heavy atom. The molecule has 0 bridgehead atoms. The van der Waals surface area contributed by atoms with Crippen LogP contribution in [0.4, 0.5) is 0 Å². The van der Waals surface area contributed by atoms with Gasteiger partial charge in [-0.25, -0.2) is 8.42 Å². The van der Waals surface area contributed by atoms with Gasteiger partial charge in [-0.05, 0) is 18.2 Å². The second-order valence-corrected chi connectivity index (χ2v) is 6.61. The predicted molar refractivity (Wildman–Crippen MR) is 84.8 cm³/mol. The minimum atomic E-state index is -3.47. The van der Waals surface area contributed by atoms with Crippen molar-refractivity contribution in [1.29, 1.82) is 0 Å². The standard InChI is InChI=1S/C16H14N2O4S/c19-16(10-22-12-6-2-1-3-7-12)18-17-14-11-23(20,21)15-9-5-4-8-13(14)15/h1-9,11,17H,10H2,(H,18,19). The van der Waals surface area contributed by atoms with Gasteiger partial charge >= 0.3 is 0 Å². The van der Waals surface area contributed by atoms with E-state index < -0.39 is 15.7 Å². The minimum Gasteiger partial charge on any atom is -0.484 e. The summed E-state index contributed by atoms with van der Waals surface area (Å²) in [6.45, 7) is -0.182. The highest BCUT2D eigenvalue weighted by Gasteiger charge is 2.26. The summed E-state index contributed by atoms with van der Waals surface area (Å²) in [4.78, 5) is 12.0. The molecule has 2 aromatic rings. The molecule has 0 atom stereocenters. The zero-order valence-corrected chi connectivity index (χ0v) is 12.8. The Balaban J connectivity index is 1.60. The summed E-state index contributed by atoms with van der Waals surface area (Å²) in [7, 11) is -3.47. The Morgan fingerprint density at radius 1 is 1.00 bits per heavy atom. The lowest BCUT2D eigenvalue weighted by atomic mass is 10.2. The highest BCUT2D eigenvalue weighted by Crippen LogP contribution is 2.30. The molecule has 1 amide bonds. The Labute approximate surface area is 133 Å². The topological polar surface area (TPSA) is 84.5 Å². The normalized spacial score (nSPS) is 14.5. The molecule has 0 aliphatic carbocycles. The number of sulfone groups is 1. The van der Waals surface area contributed by atoms with Crippen molar-refractivity contribution in [1.82, 2.24) is 10.9 Å². The third-order valence-electron chi connectivity index (χ3n) is 3.21. The first-order valence-corrected chi connectivity index (χ1v) is 8.40. The third-order valence-corrected chi connectivity index (χ3v) is 4.72. The summed E-state index contributed by atoms with van der Waals surface area (Å²) in [5.41, 5.74) is 5.91. The van der Waals surface area contributed by atoms with Crippen LogP contribution in [-0.2, 0) is 14.6 Å². The molecule has 2 aromatic carbocycles. The number of fused-ring (bicyclic) bond motifs is 1. The van der Waals surface area contributed by atoms with E-state index in [2.05, 4.69) is 10.9 Å². The average molecular weight is 330 g/mol. The predicted octanol–water partition coefficient (Wildman–Crippen LogP) is 1.47. The molecule has 3 rings (SSSR count). The molecule has 118 valence electrons. The van der Waals surface area contributed by atoms with E-state index in [4.69, 9.17) is 4.74 Å². The first kappa shape index (κ1) is 15.1. The van der Waals surface area contributed by atoms with Crippen LogP contribution in [0.5, 0.6) is 5.75 Å². The van der Waals surface area contributed by atoms with Crippen molar-refractivity contribution in [3.8, 4) is 5.75 Å². The Kier molecular flexibility index (Phi) is 4.03. The molecule has 0 spiro atoms. The number of hydrogen-bond donors (Lipinski definition) is 2. The number of para-hydroxylation sites is 1. The second kappa shape index (κ2) is 6.13. The molecule has 0 saturated carbocycles. The number of rotatable bonds is 5. The van der Waals surface area contributed by atoms with Gasteiger partial charge in [0.15, 0.2) is 6.61 Å². The van der Waals surface area contributed by atoms with Crippen molar-refractivity contribution in [3.63, 3.8) is 0 Å². The average Bonchev–Trinajstić information content (AvgIpc) is 2.83. The van der Waals surface area contributed by atoms with Crippen LogP contribution >= 0.6 is 0 Å². The largest absolute Gasteiger partial charge is 0.484 e. The quantitative estimate of drug-likeness (QED) is 0.811. The maximum absolute atomic E-state index is 12.0. The molecule has 6 nitrogen and oxygen atoms in total. The zero-order valence-electron chi connectivity index (χ0n) is 12.0. The number of hydrogen-bond acceptors (Lipinski definition) is 5. The van der Waals surface area contributed by atoms with Gasteiger partial charge in [0.05, 0.1) is 16.0 Å². The lowest BCUT2D eigenvalue weighted by Crippen LogP contribution is -2.39. The number of carbonyl (C=O) groups is 1. The van der Waals surface area contributed by atoms with Crippen molar-refractivity contribution in [2.24, 2.45) is 0 Å². The lowest BCUT2D eigenvalue weighted by Gasteiger charge is -2.10. The highest BCUT2D eigenvalue weighted by molar-refractivity contribution is 7.95. The summed E-state index contributed by atoms with van der Waals surface area (Å²) in [6, 6.07) is 15.5. The number of ether oxygens (including phenoxy) is 1. The smallest absolute Gasteiger partial charge is 0.276 e. The molecule has 0 saturated heterocycles. The molecule has 0 aromatic heterocycles. The van der Waals surface area contributed by atoms with Crippen molar-refractivity contribution < 1.29 is 17.9 Å². The van der Waals surface area contributed by atoms with Gasteiger partial charge in [0.2, 0.25) is 9.84 Å². The van der Waals surface area contributed by atoms with Crippen LogP contribution in [-0.4, -0.2) is 20.9 Å². The van der Waals surface area contributed by atoms with E-state index in [0.717, 1.165) is 5.41 Å². The van der Waals surface area contributed by atoms with E-state index in [1.807, 2.05) is 6.07 Å². The fourth-order valence-electron chi connectivity index (χ4n) is 2.15. The number of nitrogens with one attached hydrogen (secondary N) is 2. The lowest BCUT2D eigenvalue weighted by molar-refractivity contribution is -0.123. The molecule has 1 aliphatic heterocycles. The van der Waals surface area contributed by atoms with Crippen LogP contribution in [0.3, 0.4) is 0 Å². The molecule has 2 N–H and O–H groups in total. The van der Waals surface area contributed by atoms with Gasteiger partial charge in [0.25, 0.3) is 5.91 Å². The van der Waals surface area contributed by atoms with Gasteiger partial charge in [-0.15, -0.1) is 0 Å². The van der Waals surface area contributed by atoms with E-state index in [1.54, 1.807) is 42.5 Å². The fraction of sp³-hybridized carbons (Fsp3) is 0.0625. The minimum absolute atomic E-state index is 0.182.